The van der Waals surface area contributed by atoms with Gasteiger partial charge in [0, 0.05) is 0 Å². The maximum Gasteiger partial charge on any atom is 0.255 e. The van der Waals surface area contributed by atoms with Crippen molar-refractivity contribution in [1.82, 2.24) is 4.57 Å². The van der Waals surface area contributed by atoms with Crippen LogP contribution in [0.2, 0.25) is 10.3 Å². The van der Waals surface area contributed by atoms with E-state index in [2.05, 4.69) is 30.3 Å². The summed E-state index contributed by atoms with van der Waals surface area (Å²) in [4.78, 5) is 0. The van der Waals surface area contributed by atoms with Crippen LogP contribution in [0.4, 0.5) is 0 Å². The zero-order chi connectivity index (χ0) is 13.4. The van der Waals surface area contributed by atoms with Crippen LogP contribution in [0.3, 0.4) is 0 Å². The number of hydrogen-bond acceptors (Lipinski definition) is 0. The van der Waals surface area contributed by atoms with Crippen molar-refractivity contribution in [3.05, 3.63) is 64.7 Å². The van der Waals surface area contributed by atoms with Crippen LogP contribution in [0.5, 0.6) is 0 Å². The van der Waals surface area contributed by atoms with Crippen LogP contribution in [-0.4, -0.2) is 4.57 Å². The summed E-state index contributed by atoms with van der Waals surface area (Å²) in [7, 11) is 1.88. The van der Waals surface area contributed by atoms with E-state index in [0.717, 1.165) is 0 Å². The summed E-state index contributed by atoms with van der Waals surface area (Å²) in [6.07, 6.45) is 1.90. The van der Waals surface area contributed by atoms with Crippen molar-refractivity contribution in [2.24, 2.45) is 7.05 Å². The van der Waals surface area contributed by atoms with Gasteiger partial charge in [-0.15, -0.1) is 0 Å². The summed E-state index contributed by atoms with van der Waals surface area (Å²) in [5, 5.41) is 3.60. The van der Waals surface area contributed by atoms with Crippen LogP contribution >= 0.6 is 23.2 Å². The van der Waals surface area contributed by atoms with Crippen molar-refractivity contribution in [1.29, 1.82) is 0 Å². The van der Waals surface area contributed by atoms with Crippen molar-refractivity contribution in [2.75, 3.05) is 0 Å². The van der Waals surface area contributed by atoms with Gasteiger partial charge in [0.15, 0.2) is 0 Å². The standard InChI is InChI=1S/C15H13Cl2N2/c1-18-10-19(15(17)14(18)16)9-11-6-7-12-4-2-3-5-13(12)8-11/h2-8,10H,9H2,1H3/q+1. The monoisotopic (exact) mass is 291 g/mol. The van der Waals surface area contributed by atoms with Gasteiger partial charge in [0.2, 0.25) is 6.33 Å². The molecular formula is C15H13Cl2N2+. The van der Waals surface area contributed by atoms with Gasteiger partial charge in [0.05, 0.1) is 7.05 Å². The number of nitrogens with zero attached hydrogens (tertiary/aromatic N) is 2. The lowest BCUT2D eigenvalue weighted by Gasteiger charge is -2.02. The molecule has 0 saturated heterocycles. The van der Waals surface area contributed by atoms with Crippen molar-refractivity contribution in [2.45, 2.75) is 6.54 Å². The first-order valence-corrected chi connectivity index (χ1v) is 6.78. The van der Waals surface area contributed by atoms with E-state index in [4.69, 9.17) is 23.2 Å². The van der Waals surface area contributed by atoms with Crippen LogP contribution in [0, 0.1) is 0 Å². The second kappa shape index (κ2) is 4.87. The number of aromatic nitrogens is 2. The molecule has 2 nitrogen and oxygen atoms in total. The fourth-order valence-electron chi connectivity index (χ4n) is 2.22. The highest BCUT2D eigenvalue weighted by Crippen LogP contribution is 2.21. The number of fused-ring (bicyclic) bond motifs is 1. The zero-order valence-electron chi connectivity index (χ0n) is 10.5. The largest absolute Gasteiger partial charge is 0.255 e. The first-order chi connectivity index (χ1) is 9.15. The Morgan fingerprint density at radius 3 is 2.47 bits per heavy atom. The Morgan fingerprint density at radius 1 is 1.05 bits per heavy atom. The molecule has 3 rings (SSSR count). The minimum absolute atomic E-state index is 0.558. The molecule has 0 amide bonds. The lowest BCUT2D eigenvalue weighted by molar-refractivity contribution is -0.668. The lowest BCUT2D eigenvalue weighted by Crippen LogP contribution is -2.26. The summed E-state index contributed by atoms with van der Waals surface area (Å²) in [6.45, 7) is 0.713. The van der Waals surface area contributed by atoms with Crippen LogP contribution in [0.1, 0.15) is 5.56 Å². The van der Waals surface area contributed by atoms with Crippen LogP contribution in [0.25, 0.3) is 10.8 Å². The summed E-state index contributed by atoms with van der Waals surface area (Å²) >= 11 is 12.3. The molecule has 0 aliphatic heterocycles. The van der Waals surface area contributed by atoms with Crippen molar-refractivity contribution < 1.29 is 4.57 Å². The molecule has 3 aromatic rings. The van der Waals surface area contributed by atoms with E-state index in [1.807, 2.05) is 34.6 Å². The molecular weight excluding hydrogens is 279 g/mol. The predicted octanol–water partition coefficient (Wildman–Crippen LogP) is 3.82. The van der Waals surface area contributed by atoms with Gasteiger partial charge in [-0.3, -0.25) is 0 Å². The maximum atomic E-state index is 6.19. The third-order valence-corrected chi connectivity index (χ3v) is 4.15. The molecule has 0 spiro atoms. The topological polar surface area (TPSA) is 8.81 Å². The first-order valence-electron chi connectivity index (χ1n) is 6.02. The summed E-state index contributed by atoms with van der Waals surface area (Å²) < 4.78 is 3.75. The lowest BCUT2D eigenvalue weighted by atomic mass is 10.1. The second-order valence-electron chi connectivity index (χ2n) is 4.62. The summed E-state index contributed by atoms with van der Waals surface area (Å²) in [5.41, 5.74) is 1.20. The molecule has 96 valence electrons. The number of aryl methyl sites for hydroxylation is 1. The molecule has 0 N–H and O–H groups in total. The van der Waals surface area contributed by atoms with Gasteiger partial charge < -0.3 is 0 Å². The number of halogens is 2. The Hall–Kier alpha value is -1.51. The smallest absolute Gasteiger partial charge is 0.222 e. The van der Waals surface area contributed by atoms with Gasteiger partial charge in [-0.1, -0.05) is 36.4 Å². The fourth-order valence-corrected chi connectivity index (χ4v) is 2.61. The Bertz CT molecular complexity index is 747. The first kappa shape index (κ1) is 12.5. The molecule has 1 aromatic heterocycles. The molecule has 0 unspecified atom stereocenters. The minimum atomic E-state index is 0.558. The highest BCUT2D eigenvalue weighted by atomic mass is 35.5. The normalized spacial score (nSPS) is 11.1. The van der Waals surface area contributed by atoms with Gasteiger partial charge in [-0.25, -0.2) is 9.13 Å². The number of rotatable bonds is 2. The van der Waals surface area contributed by atoms with Crippen LogP contribution in [0.15, 0.2) is 48.8 Å². The van der Waals surface area contributed by atoms with E-state index in [0.29, 0.717) is 16.9 Å². The Balaban J connectivity index is 1.98. The number of hydrogen-bond donors (Lipinski definition) is 0. The molecule has 2 aromatic carbocycles. The minimum Gasteiger partial charge on any atom is -0.222 e. The van der Waals surface area contributed by atoms with Gasteiger partial charge in [0.25, 0.3) is 10.3 Å². The van der Waals surface area contributed by atoms with Crippen molar-refractivity contribution in [3.63, 3.8) is 0 Å². The van der Waals surface area contributed by atoms with E-state index in [9.17, 15) is 0 Å². The molecule has 0 fully saturated rings. The van der Waals surface area contributed by atoms with Gasteiger partial charge >= 0.3 is 0 Å². The molecule has 0 bridgehead atoms. The zero-order valence-corrected chi connectivity index (χ0v) is 12.0. The Kier molecular flexibility index (Phi) is 3.21. The predicted molar refractivity (Wildman–Crippen MR) is 78.7 cm³/mol. The van der Waals surface area contributed by atoms with Crippen molar-refractivity contribution in [3.8, 4) is 0 Å². The fraction of sp³-hybridized carbons (Fsp3) is 0.133. The Morgan fingerprint density at radius 2 is 1.79 bits per heavy atom. The van der Waals surface area contributed by atoms with Crippen molar-refractivity contribution >= 4 is 34.0 Å². The van der Waals surface area contributed by atoms with Crippen LogP contribution < -0.4 is 4.57 Å². The Labute approximate surface area is 121 Å². The number of imidazole rings is 1. The van der Waals surface area contributed by atoms with E-state index in [-0.39, 0.29) is 0 Å². The molecule has 1 heterocycles. The number of benzene rings is 2. The van der Waals surface area contributed by atoms with E-state index >= 15 is 0 Å². The van der Waals surface area contributed by atoms with Gasteiger partial charge in [-0.2, -0.15) is 0 Å². The second-order valence-corrected chi connectivity index (χ2v) is 5.33. The maximum absolute atomic E-state index is 6.19. The molecule has 0 radical (unpaired) electrons. The molecule has 4 heteroatoms. The highest BCUT2D eigenvalue weighted by molar-refractivity contribution is 6.39. The third-order valence-electron chi connectivity index (χ3n) is 3.21. The van der Waals surface area contributed by atoms with Crippen LogP contribution in [-0.2, 0) is 13.6 Å². The average Bonchev–Trinajstić information content (AvgIpc) is 2.66. The van der Waals surface area contributed by atoms with Gasteiger partial charge in [-0.05, 0) is 45.6 Å². The van der Waals surface area contributed by atoms with E-state index in [1.165, 1.54) is 16.3 Å². The molecule has 0 saturated carbocycles. The SMILES string of the molecule is C[n+]1cn(Cc2ccc3ccccc3c2)c(Cl)c1Cl. The molecule has 0 aliphatic rings. The van der Waals surface area contributed by atoms with Gasteiger partial charge in [0.1, 0.15) is 6.54 Å². The molecule has 0 aliphatic carbocycles. The van der Waals surface area contributed by atoms with E-state index < -0.39 is 0 Å². The highest BCUT2D eigenvalue weighted by Gasteiger charge is 2.17. The average molecular weight is 292 g/mol. The quantitative estimate of drug-likeness (QED) is 0.635. The molecule has 0 atom stereocenters. The summed E-state index contributed by atoms with van der Waals surface area (Å²) in [6, 6.07) is 14.7. The molecule has 19 heavy (non-hydrogen) atoms. The third kappa shape index (κ3) is 2.34. The van der Waals surface area contributed by atoms with E-state index in [1.54, 1.807) is 0 Å². The summed E-state index contributed by atoms with van der Waals surface area (Å²) in [5.74, 6) is 0.